The monoisotopic (exact) mass is 548 g/mol. The maximum atomic E-state index is 13.0. The third kappa shape index (κ3) is 8.32. The molecule has 0 spiro atoms. The zero-order chi connectivity index (χ0) is 27.7. The fraction of sp³-hybridized carbons (Fsp3) is 0.370. The van der Waals surface area contributed by atoms with Gasteiger partial charge in [-0.05, 0) is 42.2 Å². The van der Waals surface area contributed by atoms with Gasteiger partial charge in [0.1, 0.15) is 5.84 Å². The van der Waals surface area contributed by atoms with Crippen molar-refractivity contribution in [3.63, 3.8) is 0 Å². The number of nitrogens with zero attached hydrogens (tertiary/aromatic N) is 2. The summed E-state index contributed by atoms with van der Waals surface area (Å²) in [6.07, 6.45) is -4.36. The van der Waals surface area contributed by atoms with Gasteiger partial charge in [-0.3, -0.25) is 15.3 Å². The van der Waals surface area contributed by atoms with Crippen LogP contribution >= 0.6 is 11.6 Å². The number of hydrogen-bond donors (Lipinski definition) is 4. The second-order valence-electron chi connectivity index (χ2n) is 8.86. The van der Waals surface area contributed by atoms with Gasteiger partial charge in [0.25, 0.3) is 0 Å². The lowest BCUT2D eigenvalue weighted by Crippen LogP contribution is -2.46. The van der Waals surface area contributed by atoms with Crippen LogP contribution in [0.25, 0.3) is 0 Å². The van der Waals surface area contributed by atoms with Gasteiger partial charge in [-0.25, -0.2) is 4.79 Å². The number of amidine groups is 1. The van der Waals surface area contributed by atoms with Gasteiger partial charge >= 0.3 is 12.2 Å². The fourth-order valence-corrected chi connectivity index (χ4v) is 4.15. The Morgan fingerprint density at radius 1 is 1.21 bits per heavy atom. The molecule has 1 aliphatic heterocycles. The lowest BCUT2D eigenvalue weighted by Gasteiger charge is -2.25. The number of amides is 2. The lowest BCUT2D eigenvalue weighted by atomic mass is 10.0. The van der Waals surface area contributed by atoms with E-state index in [-0.39, 0.29) is 12.4 Å². The normalized spacial score (nSPS) is 16.3. The molecule has 0 saturated carbocycles. The summed E-state index contributed by atoms with van der Waals surface area (Å²) in [5.41, 5.74) is 10.4. The molecule has 0 aliphatic carbocycles. The van der Waals surface area contributed by atoms with Crippen LogP contribution in [0.3, 0.4) is 0 Å². The Labute approximate surface area is 225 Å². The van der Waals surface area contributed by atoms with Gasteiger partial charge in [0, 0.05) is 29.4 Å². The third-order valence-electron chi connectivity index (χ3n) is 6.18. The van der Waals surface area contributed by atoms with Crippen molar-refractivity contribution in [3.8, 4) is 0 Å². The Bertz CT molecular complexity index is 1190. The number of rotatable bonds is 8. The Morgan fingerprint density at radius 3 is 2.58 bits per heavy atom. The van der Waals surface area contributed by atoms with Gasteiger partial charge in [-0.1, -0.05) is 61.0 Å². The van der Waals surface area contributed by atoms with E-state index in [1.165, 1.54) is 0 Å². The molecular weight excluding hydrogens is 517 g/mol. The number of benzene rings is 2. The van der Waals surface area contributed by atoms with Crippen LogP contribution in [0, 0.1) is 5.41 Å². The van der Waals surface area contributed by atoms with Crippen molar-refractivity contribution in [1.29, 1.82) is 5.41 Å². The number of alkyl halides is 3. The molecule has 38 heavy (non-hydrogen) atoms. The van der Waals surface area contributed by atoms with Crippen molar-refractivity contribution < 1.29 is 18.0 Å². The van der Waals surface area contributed by atoms with Crippen molar-refractivity contribution in [2.45, 2.75) is 38.9 Å². The molecule has 1 aliphatic rings. The second-order valence-corrected chi connectivity index (χ2v) is 9.27. The predicted octanol–water partition coefficient (Wildman–Crippen LogP) is 5.04. The minimum Gasteiger partial charge on any atom is -0.400 e. The second kappa shape index (κ2) is 13.4. The molecule has 0 bridgehead atoms. The van der Waals surface area contributed by atoms with E-state index >= 15 is 0 Å². The molecule has 2 aromatic rings. The Balaban J connectivity index is 1.74. The summed E-state index contributed by atoms with van der Waals surface area (Å²) in [4.78, 5) is 18.4. The first-order valence-corrected chi connectivity index (χ1v) is 12.7. The average molecular weight is 549 g/mol. The molecule has 0 aromatic heterocycles. The molecule has 0 atom stereocenters. The van der Waals surface area contributed by atoms with Gasteiger partial charge in [0.05, 0.1) is 25.2 Å². The summed E-state index contributed by atoms with van der Waals surface area (Å²) in [6, 6.07) is 13.4. The van der Waals surface area contributed by atoms with Crippen molar-refractivity contribution >= 4 is 29.2 Å². The van der Waals surface area contributed by atoms with E-state index in [9.17, 15) is 18.0 Å². The van der Waals surface area contributed by atoms with Crippen LogP contribution in [0.2, 0.25) is 5.02 Å². The van der Waals surface area contributed by atoms with Gasteiger partial charge in [-0.15, -0.1) is 0 Å². The molecule has 2 amide bonds. The number of urea groups is 1. The Morgan fingerprint density at radius 2 is 1.92 bits per heavy atom. The summed E-state index contributed by atoms with van der Waals surface area (Å²) in [5, 5.41) is 14.9. The van der Waals surface area contributed by atoms with E-state index in [2.05, 4.69) is 15.6 Å². The lowest BCUT2D eigenvalue weighted by molar-refractivity contribution is -0.135. The van der Waals surface area contributed by atoms with Crippen LogP contribution in [-0.2, 0) is 13.0 Å². The molecule has 2 aromatic carbocycles. The molecule has 11 heteroatoms. The first-order valence-electron chi connectivity index (χ1n) is 12.3. The van der Waals surface area contributed by atoms with Crippen molar-refractivity contribution in [3.05, 3.63) is 81.5 Å². The zero-order valence-electron chi connectivity index (χ0n) is 21.2. The fourth-order valence-electron chi connectivity index (χ4n) is 3.96. The third-order valence-corrected chi connectivity index (χ3v) is 6.55. The summed E-state index contributed by atoms with van der Waals surface area (Å²) in [5.74, 6) is -0.315. The molecule has 1 saturated heterocycles. The minimum atomic E-state index is -4.48. The number of aliphatic imine (C=N–C) groups is 1. The molecule has 0 radical (unpaired) electrons. The molecule has 7 nitrogen and oxygen atoms in total. The number of aryl methyl sites for hydroxylation is 1. The molecule has 204 valence electrons. The molecule has 5 N–H and O–H groups in total. The summed E-state index contributed by atoms with van der Waals surface area (Å²) < 4.78 is 38.9. The van der Waals surface area contributed by atoms with Crippen molar-refractivity contribution in [2.24, 2.45) is 10.7 Å². The Kier molecular flexibility index (Phi) is 10.3. The first-order chi connectivity index (χ1) is 18.1. The maximum absolute atomic E-state index is 13.0. The predicted molar refractivity (Wildman–Crippen MR) is 145 cm³/mol. The van der Waals surface area contributed by atoms with Crippen molar-refractivity contribution in [2.75, 3.05) is 26.2 Å². The summed E-state index contributed by atoms with van der Waals surface area (Å²) in [7, 11) is 0. The number of nitrogens with one attached hydrogen (secondary N) is 3. The van der Waals surface area contributed by atoms with E-state index < -0.39 is 25.2 Å². The highest BCUT2D eigenvalue weighted by atomic mass is 35.5. The van der Waals surface area contributed by atoms with Gasteiger partial charge in [0.15, 0.2) is 0 Å². The molecule has 3 rings (SSSR count). The first kappa shape index (κ1) is 29.2. The van der Waals surface area contributed by atoms with Gasteiger partial charge < -0.3 is 16.4 Å². The number of nitrogens with two attached hydrogens (primary N) is 1. The number of piperidine rings is 1. The minimum absolute atomic E-state index is 0.0934. The quantitative estimate of drug-likeness (QED) is 0.274. The van der Waals surface area contributed by atoms with Crippen LogP contribution < -0.4 is 16.4 Å². The number of halogens is 4. The van der Waals surface area contributed by atoms with E-state index in [0.717, 1.165) is 33.7 Å². The SMILES string of the molecule is CCc1ccc(C(=N)N(CCC(F)(F)F)C(=O)NC/C(N)=C2\CCNCC2=NCc2ccccc2Cl)cc1. The number of hydrogen-bond acceptors (Lipinski definition) is 5. The Hall–Kier alpha value is -3.37. The highest BCUT2D eigenvalue weighted by molar-refractivity contribution is 6.31. The molecule has 1 heterocycles. The van der Waals surface area contributed by atoms with E-state index in [1.807, 2.05) is 25.1 Å². The van der Waals surface area contributed by atoms with E-state index in [4.69, 9.17) is 22.7 Å². The topological polar surface area (TPSA) is 107 Å². The van der Waals surface area contributed by atoms with Crippen molar-refractivity contribution in [1.82, 2.24) is 15.5 Å². The zero-order valence-corrected chi connectivity index (χ0v) is 21.9. The van der Waals surface area contributed by atoms with Crippen LogP contribution in [0.15, 0.2) is 64.8 Å². The van der Waals surface area contributed by atoms with Gasteiger partial charge in [-0.2, -0.15) is 13.2 Å². The van der Waals surface area contributed by atoms with Gasteiger partial charge in [0.2, 0.25) is 0 Å². The van der Waals surface area contributed by atoms with Crippen LogP contribution in [-0.4, -0.2) is 54.8 Å². The van der Waals surface area contributed by atoms with E-state index in [1.54, 1.807) is 30.3 Å². The average Bonchev–Trinajstić information content (AvgIpc) is 2.90. The molecule has 0 unspecified atom stereocenters. The summed E-state index contributed by atoms with van der Waals surface area (Å²) >= 11 is 6.23. The standard InChI is InChI=1S/C27H32ClF3N6O/c1-2-18-7-9-19(10-8-18)25(33)37(14-12-27(29,30)31)26(38)36-16-23(32)21-11-13-34-17-24(21)35-15-20-5-3-4-6-22(20)28/h3-10,33-34H,2,11-17,32H2,1H3,(H,36,38)/b23-21-,33-25?,35-24?. The molecular formula is C27H32ClF3N6O. The van der Waals surface area contributed by atoms with E-state index in [0.29, 0.717) is 42.3 Å². The highest BCUT2D eigenvalue weighted by Crippen LogP contribution is 2.21. The maximum Gasteiger partial charge on any atom is 0.390 e. The van der Waals surface area contributed by atoms with Crippen LogP contribution in [0.5, 0.6) is 0 Å². The highest BCUT2D eigenvalue weighted by Gasteiger charge is 2.31. The van der Waals surface area contributed by atoms with Crippen LogP contribution in [0.1, 0.15) is 36.5 Å². The number of carbonyl (C=O) groups excluding carboxylic acids is 1. The largest absolute Gasteiger partial charge is 0.400 e. The van der Waals surface area contributed by atoms with Crippen LogP contribution in [0.4, 0.5) is 18.0 Å². The smallest absolute Gasteiger partial charge is 0.390 e. The summed E-state index contributed by atoms with van der Waals surface area (Å²) in [6.45, 7) is 2.71. The number of carbonyl (C=O) groups is 1. The molecule has 1 fully saturated rings.